The SMILES string of the molecule is CCc1cc2c(=O)c(-c3nc(C)cs3)coc2cc1O[C@@H](C)C(=O)O. The second-order valence-electron chi connectivity index (χ2n) is 5.68. The number of aromatic nitrogens is 1. The second kappa shape index (κ2) is 6.68. The Balaban J connectivity index is 2.13. The van der Waals surface area contributed by atoms with Crippen molar-refractivity contribution in [2.45, 2.75) is 33.3 Å². The Labute approximate surface area is 147 Å². The van der Waals surface area contributed by atoms with Crippen LogP contribution in [0.2, 0.25) is 0 Å². The number of ether oxygens (including phenoxy) is 1. The Hall–Kier alpha value is -2.67. The van der Waals surface area contributed by atoms with Crippen molar-refractivity contribution in [2.24, 2.45) is 0 Å². The van der Waals surface area contributed by atoms with Gasteiger partial charge in [-0.25, -0.2) is 9.78 Å². The lowest BCUT2D eigenvalue weighted by Crippen LogP contribution is -2.23. The van der Waals surface area contributed by atoms with E-state index in [0.29, 0.717) is 33.7 Å². The number of carbonyl (C=O) groups is 1. The highest BCUT2D eigenvalue weighted by Gasteiger charge is 2.18. The predicted octanol–water partition coefficient (Wildman–Crippen LogP) is 3.64. The van der Waals surface area contributed by atoms with E-state index < -0.39 is 12.1 Å². The maximum Gasteiger partial charge on any atom is 0.344 e. The lowest BCUT2D eigenvalue weighted by Gasteiger charge is -2.14. The first-order chi connectivity index (χ1) is 11.9. The van der Waals surface area contributed by atoms with Gasteiger partial charge in [0.2, 0.25) is 5.43 Å². The summed E-state index contributed by atoms with van der Waals surface area (Å²) in [6.07, 6.45) is 0.989. The van der Waals surface area contributed by atoms with Crippen molar-refractivity contribution >= 4 is 28.3 Å². The number of carboxylic acid groups (broad SMARTS) is 1. The van der Waals surface area contributed by atoms with E-state index in [2.05, 4.69) is 4.98 Å². The van der Waals surface area contributed by atoms with Crippen LogP contribution in [0.5, 0.6) is 5.75 Å². The van der Waals surface area contributed by atoms with Crippen LogP contribution in [0.25, 0.3) is 21.5 Å². The molecule has 1 aromatic carbocycles. The molecule has 0 aliphatic carbocycles. The molecular formula is C18H17NO5S. The third kappa shape index (κ3) is 3.28. The molecule has 6 nitrogen and oxygen atoms in total. The van der Waals surface area contributed by atoms with Crippen LogP contribution in [-0.2, 0) is 11.2 Å². The van der Waals surface area contributed by atoms with Crippen molar-refractivity contribution in [2.75, 3.05) is 0 Å². The van der Waals surface area contributed by atoms with Crippen LogP contribution < -0.4 is 10.2 Å². The summed E-state index contributed by atoms with van der Waals surface area (Å²) in [5.74, 6) is -0.649. The van der Waals surface area contributed by atoms with Gasteiger partial charge in [0, 0.05) is 17.1 Å². The number of hydrogen-bond donors (Lipinski definition) is 1. The molecule has 0 unspecified atom stereocenters. The average molecular weight is 359 g/mol. The number of fused-ring (bicyclic) bond motifs is 1. The first-order valence-corrected chi connectivity index (χ1v) is 8.69. The zero-order valence-corrected chi connectivity index (χ0v) is 14.8. The van der Waals surface area contributed by atoms with E-state index in [-0.39, 0.29) is 5.43 Å². The molecular weight excluding hydrogens is 342 g/mol. The third-order valence-electron chi connectivity index (χ3n) is 3.84. The highest BCUT2D eigenvalue weighted by molar-refractivity contribution is 7.13. The van der Waals surface area contributed by atoms with Gasteiger partial charge in [-0.15, -0.1) is 11.3 Å². The van der Waals surface area contributed by atoms with Crippen molar-refractivity contribution in [3.63, 3.8) is 0 Å². The van der Waals surface area contributed by atoms with Crippen molar-refractivity contribution < 1.29 is 19.1 Å². The minimum absolute atomic E-state index is 0.164. The molecule has 0 radical (unpaired) electrons. The standard InChI is InChI=1S/C18H17NO5S/c1-4-11-5-12-15(6-14(11)24-10(3)18(21)22)23-7-13(16(12)20)17-19-9(2)8-25-17/h5-8,10H,4H2,1-3H3,(H,21,22)/t10-/m0/s1. The van der Waals surface area contributed by atoms with E-state index in [0.717, 1.165) is 11.3 Å². The smallest absolute Gasteiger partial charge is 0.344 e. The Bertz CT molecular complexity index is 1000. The highest BCUT2D eigenvalue weighted by Crippen LogP contribution is 2.29. The minimum atomic E-state index is -1.06. The first-order valence-electron chi connectivity index (χ1n) is 7.81. The van der Waals surface area contributed by atoms with E-state index >= 15 is 0 Å². The highest BCUT2D eigenvalue weighted by atomic mass is 32.1. The molecule has 0 amide bonds. The van der Waals surface area contributed by atoms with Crippen LogP contribution in [0.4, 0.5) is 0 Å². The van der Waals surface area contributed by atoms with Gasteiger partial charge in [0.15, 0.2) is 6.10 Å². The summed E-state index contributed by atoms with van der Waals surface area (Å²) in [6, 6.07) is 3.28. The van der Waals surface area contributed by atoms with Crippen LogP contribution in [0.15, 0.2) is 33.0 Å². The van der Waals surface area contributed by atoms with Crippen molar-refractivity contribution in [3.05, 3.63) is 45.3 Å². The van der Waals surface area contributed by atoms with Crippen LogP contribution >= 0.6 is 11.3 Å². The van der Waals surface area contributed by atoms with Crippen LogP contribution in [-0.4, -0.2) is 22.2 Å². The van der Waals surface area contributed by atoms with Gasteiger partial charge < -0.3 is 14.3 Å². The molecule has 1 atom stereocenters. The third-order valence-corrected chi connectivity index (χ3v) is 4.83. The molecule has 25 heavy (non-hydrogen) atoms. The quantitative estimate of drug-likeness (QED) is 0.748. The number of nitrogens with zero attached hydrogens (tertiary/aromatic N) is 1. The molecule has 2 aromatic heterocycles. The monoisotopic (exact) mass is 359 g/mol. The van der Waals surface area contributed by atoms with Gasteiger partial charge in [-0.05, 0) is 31.9 Å². The Kier molecular flexibility index (Phi) is 4.59. The van der Waals surface area contributed by atoms with Crippen molar-refractivity contribution in [1.29, 1.82) is 0 Å². The van der Waals surface area contributed by atoms with Gasteiger partial charge in [0.25, 0.3) is 0 Å². The van der Waals surface area contributed by atoms with E-state index in [4.69, 9.17) is 14.3 Å². The summed E-state index contributed by atoms with van der Waals surface area (Å²) in [5, 5.41) is 11.9. The fourth-order valence-corrected chi connectivity index (χ4v) is 3.25. The number of benzene rings is 1. The lowest BCUT2D eigenvalue weighted by atomic mass is 10.1. The number of aryl methyl sites for hydroxylation is 2. The Morgan fingerprint density at radius 1 is 1.44 bits per heavy atom. The number of carboxylic acids is 1. The molecule has 0 spiro atoms. The van der Waals surface area contributed by atoms with Gasteiger partial charge in [-0.1, -0.05) is 6.92 Å². The van der Waals surface area contributed by atoms with E-state index in [9.17, 15) is 9.59 Å². The minimum Gasteiger partial charge on any atom is -0.479 e. The zero-order valence-electron chi connectivity index (χ0n) is 14.0. The summed E-state index contributed by atoms with van der Waals surface area (Å²) in [6.45, 7) is 5.23. The van der Waals surface area contributed by atoms with E-state index in [1.54, 1.807) is 12.1 Å². The molecule has 2 heterocycles. The van der Waals surface area contributed by atoms with Gasteiger partial charge in [0.05, 0.1) is 10.9 Å². The molecule has 1 N–H and O–H groups in total. The normalized spacial score (nSPS) is 12.3. The molecule has 0 aliphatic heterocycles. The molecule has 0 aliphatic rings. The van der Waals surface area contributed by atoms with Gasteiger partial charge in [-0.2, -0.15) is 0 Å². The largest absolute Gasteiger partial charge is 0.479 e. The average Bonchev–Trinajstić information content (AvgIpc) is 3.00. The summed E-state index contributed by atoms with van der Waals surface area (Å²) < 4.78 is 11.1. The lowest BCUT2D eigenvalue weighted by molar-refractivity contribution is -0.144. The maximum atomic E-state index is 12.8. The van der Waals surface area contributed by atoms with Crippen LogP contribution in [0.1, 0.15) is 25.1 Å². The molecule has 3 aromatic rings. The number of rotatable bonds is 5. The maximum absolute atomic E-state index is 12.8. The van der Waals surface area contributed by atoms with Crippen molar-refractivity contribution in [3.8, 4) is 16.3 Å². The molecule has 0 saturated heterocycles. The second-order valence-corrected chi connectivity index (χ2v) is 6.54. The number of hydrogen-bond acceptors (Lipinski definition) is 6. The van der Waals surface area contributed by atoms with Gasteiger partial charge >= 0.3 is 5.97 Å². The fourth-order valence-electron chi connectivity index (χ4n) is 2.45. The van der Waals surface area contributed by atoms with Gasteiger partial charge in [0.1, 0.15) is 22.6 Å². The predicted molar refractivity (Wildman–Crippen MR) is 95.4 cm³/mol. The molecule has 7 heteroatoms. The zero-order chi connectivity index (χ0) is 18.1. The molecule has 0 bridgehead atoms. The molecule has 130 valence electrons. The van der Waals surface area contributed by atoms with Crippen LogP contribution in [0.3, 0.4) is 0 Å². The summed E-state index contributed by atoms with van der Waals surface area (Å²) >= 11 is 1.39. The fraction of sp³-hybridized carbons (Fsp3) is 0.278. The van der Waals surface area contributed by atoms with Crippen LogP contribution in [0, 0.1) is 6.92 Å². The Morgan fingerprint density at radius 3 is 2.80 bits per heavy atom. The molecule has 0 saturated carbocycles. The molecule has 3 rings (SSSR count). The summed E-state index contributed by atoms with van der Waals surface area (Å²) in [5.41, 5.74) is 2.20. The van der Waals surface area contributed by atoms with E-state index in [1.807, 2.05) is 19.2 Å². The number of aliphatic carboxylic acids is 1. The summed E-state index contributed by atoms with van der Waals surface area (Å²) in [4.78, 5) is 28.2. The van der Waals surface area contributed by atoms with Crippen molar-refractivity contribution in [1.82, 2.24) is 4.98 Å². The molecule has 0 fully saturated rings. The van der Waals surface area contributed by atoms with Gasteiger partial charge in [-0.3, -0.25) is 4.79 Å². The number of thiazole rings is 1. The van der Waals surface area contributed by atoms with E-state index in [1.165, 1.54) is 24.5 Å². The first kappa shape index (κ1) is 17.2. The Morgan fingerprint density at radius 2 is 2.20 bits per heavy atom. The topological polar surface area (TPSA) is 89.6 Å². The summed E-state index contributed by atoms with van der Waals surface area (Å²) in [7, 11) is 0.